The van der Waals surface area contributed by atoms with Gasteiger partial charge in [0.15, 0.2) is 0 Å². The van der Waals surface area contributed by atoms with E-state index >= 15 is 0 Å². The molecule has 4 nitrogen and oxygen atoms in total. The van der Waals surface area contributed by atoms with Crippen LogP contribution in [-0.2, 0) is 0 Å². The Labute approximate surface area is 101 Å². The molecule has 1 saturated heterocycles. The number of hydrogen-bond acceptors (Lipinski definition) is 4. The van der Waals surface area contributed by atoms with Crippen LogP contribution in [0.1, 0.15) is 6.42 Å². The average molecular weight is 228 g/mol. The van der Waals surface area contributed by atoms with Gasteiger partial charge in [-0.1, -0.05) is 12.1 Å². The minimum Gasteiger partial charge on any atom is -0.354 e. The van der Waals surface area contributed by atoms with E-state index in [9.17, 15) is 0 Å². The van der Waals surface area contributed by atoms with Crippen molar-refractivity contribution in [1.29, 1.82) is 0 Å². The first-order chi connectivity index (χ1) is 8.36. The Bertz CT molecular complexity index is 526. The molecule has 1 aliphatic heterocycles. The van der Waals surface area contributed by atoms with Gasteiger partial charge in [-0.2, -0.15) is 0 Å². The highest BCUT2D eigenvalue weighted by Gasteiger charge is 2.22. The molecule has 1 aromatic carbocycles. The van der Waals surface area contributed by atoms with Gasteiger partial charge in [0.2, 0.25) is 0 Å². The van der Waals surface area contributed by atoms with Crippen LogP contribution in [0.2, 0.25) is 0 Å². The van der Waals surface area contributed by atoms with Crippen molar-refractivity contribution in [2.24, 2.45) is 0 Å². The van der Waals surface area contributed by atoms with Gasteiger partial charge in [-0.05, 0) is 25.6 Å². The van der Waals surface area contributed by atoms with Gasteiger partial charge in [0.25, 0.3) is 0 Å². The molecule has 1 N–H and O–H groups in total. The van der Waals surface area contributed by atoms with Crippen molar-refractivity contribution in [2.45, 2.75) is 12.5 Å². The molecule has 17 heavy (non-hydrogen) atoms. The van der Waals surface area contributed by atoms with Crippen molar-refractivity contribution in [3.63, 3.8) is 0 Å². The number of aromatic nitrogens is 2. The number of nitrogens with zero attached hydrogens (tertiary/aromatic N) is 3. The third-order valence-electron chi connectivity index (χ3n) is 3.36. The quantitative estimate of drug-likeness (QED) is 0.844. The molecule has 1 fully saturated rings. The molecule has 1 aromatic heterocycles. The van der Waals surface area contributed by atoms with Gasteiger partial charge in [-0.3, -0.25) is 4.98 Å². The fourth-order valence-corrected chi connectivity index (χ4v) is 2.30. The summed E-state index contributed by atoms with van der Waals surface area (Å²) in [5.74, 6) is 0.987. The van der Waals surface area contributed by atoms with Crippen LogP contribution in [0.4, 0.5) is 5.82 Å². The smallest absolute Gasteiger partial charge is 0.147 e. The zero-order chi connectivity index (χ0) is 11.7. The molecule has 2 heterocycles. The standard InChI is InChI=1S/C13H16N4/c1-14-10-6-7-17(9-10)13-8-15-11-4-2-3-5-12(11)16-13/h2-5,8,10,14H,6-7,9H2,1H3. The van der Waals surface area contributed by atoms with E-state index in [1.165, 1.54) is 6.42 Å². The van der Waals surface area contributed by atoms with Crippen LogP contribution in [-0.4, -0.2) is 36.1 Å². The zero-order valence-corrected chi connectivity index (χ0v) is 9.93. The lowest BCUT2D eigenvalue weighted by Crippen LogP contribution is -2.29. The molecule has 0 aliphatic carbocycles. The molecule has 0 spiro atoms. The van der Waals surface area contributed by atoms with Crippen LogP contribution in [0, 0.1) is 0 Å². The Morgan fingerprint density at radius 3 is 2.88 bits per heavy atom. The number of fused-ring (bicyclic) bond motifs is 1. The predicted molar refractivity (Wildman–Crippen MR) is 69.2 cm³/mol. The van der Waals surface area contributed by atoms with E-state index in [4.69, 9.17) is 0 Å². The van der Waals surface area contributed by atoms with Crippen molar-refractivity contribution < 1.29 is 0 Å². The number of likely N-dealkylation sites (N-methyl/N-ethyl adjacent to an activating group) is 1. The molecular formula is C13H16N4. The topological polar surface area (TPSA) is 41.0 Å². The van der Waals surface area contributed by atoms with Gasteiger partial charge in [0, 0.05) is 19.1 Å². The summed E-state index contributed by atoms with van der Waals surface area (Å²) in [6, 6.07) is 8.57. The van der Waals surface area contributed by atoms with E-state index in [2.05, 4.69) is 20.2 Å². The van der Waals surface area contributed by atoms with Crippen molar-refractivity contribution >= 4 is 16.9 Å². The lowest BCUT2D eigenvalue weighted by atomic mass is 10.3. The van der Waals surface area contributed by atoms with Crippen LogP contribution in [0.3, 0.4) is 0 Å². The molecule has 1 atom stereocenters. The normalized spacial score (nSPS) is 20.1. The SMILES string of the molecule is CNC1CCN(c2cnc3ccccc3n2)C1. The molecule has 2 aromatic rings. The van der Waals surface area contributed by atoms with E-state index in [1.807, 2.05) is 37.5 Å². The second-order valence-corrected chi connectivity index (χ2v) is 4.44. The average Bonchev–Trinajstić information content (AvgIpc) is 2.87. The molecule has 0 radical (unpaired) electrons. The molecule has 3 rings (SSSR count). The minimum atomic E-state index is 0.572. The minimum absolute atomic E-state index is 0.572. The second kappa shape index (κ2) is 4.30. The number of para-hydroxylation sites is 2. The highest BCUT2D eigenvalue weighted by molar-refractivity contribution is 5.75. The van der Waals surface area contributed by atoms with Gasteiger partial charge in [0.1, 0.15) is 5.82 Å². The Hall–Kier alpha value is -1.68. The van der Waals surface area contributed by atoms with Crippen LogP contribution in [0.25, 0.3) is 11.0 Å². The van der Waals surface area contributed by atoms with Crippen molar-refractivity contribution in [1.82, 2.24) is 15.3 Å². The maximum Gasteiger partial charge on any atom is 0.147 e. The van der Waals surface area contributed by atoms with Gasteiger partial charge >= 0.3 is 0 Å². The molecule has 1 unspecified atom stereocenters. The summed E-state index contributed by atoms with van der Waals surface area (Å²) in [5.41, 5.74) is 1.93. The third-order valence-corrected chi connectivity index (χ3v) is 3.36. The van der Waals surface area contributed by atoms with Crippen molar-refractivity contribution in [2.75, 3.05) is 25.0 Å². The van der Waals surface area contributed by atoms with E-state index in [-0.39, 0.29) is 0 Å². The number of rotatable bonds is 2. The number of benzene rings is 1. The largest absolute Gasteiger partial charge is 0.354 e. The monoisotopic (exact) mass is 228 g/mol. The summed E-state index contributed by atoms with van der Waals surface area (Å²) in [6.07, 6.45) is 3.05. The highest BCUT2D eigenvalue weighted by atomic mass is 15.2. The number of hydrogen-bond donors (Lipinski definition) is 1. The Morgan fingerprint density at radius 2 is 2.12 bits per heavy atom. The Balaban J connectivity index is 1.91. The predicted octanol–water partition coefficient (Wildman–Crippen LogP) is 1.43. The van der Waals surface area contributed by atoms with Crippen molar-refractivity contribution in [3.05, 3.63) is 30.5 Å². The molecular weight excluding hydrogens is 212 g/mol. The van der Waals surface area contributed by atoms with E-state index in [1.54, 1.807) is 0 Å². The maximum absolute atomic E-state index is 4.66. The lowest BCUT2D eigenvalue weighted by molar-refractivity contribution is 0.616. The zero-order valence-electron chi connectivity index (χ0n) is 9.93. The molecule has 88 valence electrons. The summed E-state index contributed by atoms with van der Waals surface area (Å²) in [6.45, 7) is 2.07. The fourth-order valence-electron chi connectivity index (χ4n) is 2.30. The third kappa shape index (κ3) is 1.96. The summed E-state index contributed by atoms with van der Waals surface area (Å²) in [5, 5.41) is 3.31. The first-order valence-corrected chi connectivity index (χ1v) is 6.01. The number of nitrogens with one attached hydrogen (secondary N) is 1. The first kappa shape index (κ1) is 10.5. The van der Waals surface area contributed by atoms with Crippen molar-refractivity contribution in [3.8, 4) is 0 Å². The van der Waals surface area contributed by atoms with Gasteiger partial charge in [0.05, 0.1) is 17.2 Å². The Morgan fingerprint density at radius 1 is 1.29 bits per heavy atom. The second-order valence-electron chi connectivity index (χ2n) is 4.44. The molecule has 0 bridgehead atoms. The van der Waals surface area contributed by atoms with Crippen LogP contribution in [0.5, 0.6) is 0 Å². The Kier molecular flexibility index (Phi) is 2.65. The van der Waals surface area contributed by atoms with Gasteiger partial charge < -0.3 is 10.2 Å². The van der Waals surface area contributed by atoms with E-state index in [0.717, 1.165) is 29.9 Å². The molecule has 4 heteroatoms. The summed E-state index contributed by atoms with van der Waals surface area (Å²) in [4.78, 5) is 11.4. The van der Waals surface area contributed by atoms with E-state index in [0.29, 0.717) is 6.04 Å². The molecule has 1 aliphatic rings. The molecule has 0 amide bonds. The van der Waals surface area contributed by atoms with Gasteiger partial charge in [-0.15, -0.1) is 0 Å². The molecule has 0 saturated carbocycles. The van der Waals surface area contributed by atoms with Crippen LogP contribution < -0.4 is 10.2 Å². The summed E-state index contributed by atoms with van der Waals surface area (Å²) >= 11 is 0. The number of anilines is 1. The summed E-state index contributed by atoms with van der Waals surface area (Å²) in [7, 11) is 2.01. The van der Waals surface area contributed by atoms with Gasteiger partial charge in [-0.25, -0.2) is 4.98 Å². The maximum atomic E-state index is 4.66. The first-order valence-electron chi connectivity index (χ1n) is 6.01. The fraction of sp³-hybridized carbons (Fsp3) is 0.385. The van der Waals surface area contributed by atoms with Crippen LogP contribution in [0.15, 0.2) is 30.5 Å². The van der Waals surface area contributed by atoms with Crippen LogP contribution >= 0.6 is 0 Å². The summed E-state index contributed by atoms with van der Waals surface area (Å²) < 4.78 is 0. The van der Waals surface area contributed by atoms with E-state index < -0.39 is 0 Å². The lowest BCUT2D eigenvalue weighted by Gasteiger charge is -2.17. The highest BCUT2D eigenvalue weighted by Crippen LogP contribution is 2.19.